The van der Waals surface area contributed by atoms with E-state index in [1.807, 2.05) is 0 Å². The summed E-state index contributed by atoms with van der Waals surface area (Å²) in [4.78, 5) is 7.42. The smallest absolute Gasteiger partial charge is 0.0668 e. The van der Waals surface area contributed by atoms with Crippen LogP contribution in [0.2, 0.25) is 0 Å². The van der Waals surface area contributed by atoms with Crippen LogP contribution in [-0.4, -0.2) is 34.3 Å². The average Bonchev–Trinajstić information content (AvgIpc) is 2.55. The van der Waals surface area contributed by atoms with E-state index in [-0.39, 0.29) is 0 Å². The number of unbranched alkanes of at least 4 members (excludes halogenated alkanes) is 1. The van der Waals surface area contributed by atoms with Crippen molar-refractivity contribution in [1.82, 2.24) is 4.90 Å². The third kappa shape index (κ3) is 1.63. The molecule has 2 heteroatoms. The first-order chi connectivity index (χ1) is 6.91. The van der Waals surface area contributed by atoms with Crippen LogP contribution < -0.4 is 0 Å². The minimum Gasteiger partial charge on any atom is -0.292 e. The van der Waals surface area contributed by atoms with Gasteiger partial charge < -0.3 is 0 Å². The van der Waals surface area contributed by atoms with Crippen LogP contribution in [-0.2, 0) is 0 Å². The Hall–Kier alpha value is -0.370. The van der Waals surface area contributed by atoms with Gasteiger partial charge in [-0.3, -0.25) is 9.89 Å². The van der Waals surface area contributed by atoms with Gasteiger partial charge in [0.15, 0.2) is 0 Å². The standard InChI is InChI=1S/C13H24N2/c1-6-7-8-14-10-9-12(2,3)15-11(10)13(15,4)5/h11H,6-9H2,1-5H3. The summed E-state index contributed by atoms with van der Waals surface area (Å²) in [6.45, 7) is 12.6. The van der Waals surface area contributed by atoms with Crippen LogP contribution >= 0.6 is 0 Å². The van der Waals surface area contributed by atoms with Crippen molar-refractivity contribution in [3.63, 3.8) is 0 Å². The Kier molecular flexibility index (Phi) is 2.45. The number of hydrogen-bond donors (Lipinski definition) is 0. The first-order valence-electron chi connectivity index (χ1n) is 6.24. The zero-order valence-electron chi connectivity index (χ0n) is 10.8. The fourth-order valence-electron chi connectivity index (χ4n) is 3.32. The second kappa shape index (κ2) is 3.31. The van der Waals surface area contributed by atoms with Crippen LogP contribution in [0, 0.1) is 0 Å². The number of nitrogens with zero attached hydrogens (tertiary/aromatic N) is 2. The van der Waals surface area contributed by atoms with E-state index in [9.17, 15) is 0 Å². The van der Waals surface area contributed by atoms with Gasteiger partial charge in [0.25, 0.3) is 0 Å². The topological polar surface area (TPSA) is 15.4 Å². The first kappa shape index (κ1) is 11.1. The fraction of sp³-hybridized carbons (Fsp3) is 0.923. The van der Waals surface area contributed by atoms with Crippen molar-refractivity contribution in [3.05, 3.63) is 0 Å². The Morgan fingerprint density at radius 1 is 1.33 bits per heavy atom. The second-order valence-electron chi connectivity index (χ2n) is 6.14. The van der Waals surface area contributed by atoms with E-state index in [0.717, 1.165) is 6.54 Å². The van der Waals surface area contributed by atoms with Gasteiger partial charge in [0.2, 0.25) is 0 Å². The van der Waals surface area contributed by atoms with Crippen LogP contribution in [0.25, 0.3) is 0 Å². The summed E-state index contributed by atoms with van der Waals surface area (Å²) >= 11 is 0. The molecule has 2 atom stereocenters. The molecule has 0 saturated carbocycles. The van der Waals surface area contributed by atoms with Gasteiger partial charge >= 0.3 is 0 Å². The highest BCUT2D eigenvalue weighted by atomic mass is 15.5. The molecule has 15 heavy (non-hydrogen) atoms. The highest BCUT2D eigenvalue weighted by Crippen LogP contribution is 2.54. The molecule has 0 aromatic heterocycles. The normalized spacial score (nSPS) is 38.1. The van der Waals surface area contributed by atoms with Crippen LogP contribution in [0.4, 0.5) is 0 Å². The number of hydrogen-bond acceptors (Lipinski definition) is 2. The molecule has 0 bridgehead atoms. The maximum absolute atomic E-state index is 4.80. The lowest BCUT2D eigenvalue weighted by atomic mass is 9.93. The molecule has 0 aromatic rings. The lowest BCUT2D eigenvalue weighted by Gasteiger charge is -2.26. The maximum Gasteiger partial charge on any atom is 0.0668 e. The second-order valence-corrected chi connectivity index (χ2v) is 6.14. The zero-order valence-corrected chi connectivity index (χ0v) is 10.8. The van der Waals surface area contributed by atoms with Crippen LogP contribution in [0.1, 0.15) is 53.9 Å². The summed E-state index contributed by atoms with van der Waals surface area (Å²) in [5.41, 5.74) is 2.16. The highest BCUT2D eigenvalue weighted by Gasteiger charge is 2.67. The van der Waals surface area contributed by atoms with Gasteiger partial charge in [0, 0.05) is 29.8 Å². The van der Waals surface area contributed by atoms with Crippen LogP contribution in [0.3, 0.4) is 0 Å². The Morgan fingerprint density at radius 2 is 2.00 bits per heavy atom. The molecule has 2 aliphatic heterocycles. The molecule has 2 unspecified atom stereocenters. The summed E-state index contributed by atoms with van der Waals surface area (Å²) in [5.74, 6) is 0. The lowest BCUT2D eigenvalue weighted by molar-refractivity contribution is 0.254. The Labute approximate surface area is 93.8 Å². The first-order valence-corrected chi connectivity index (χ1v) is 6.24. The van der Waals surface area contributed by atoms with Crippen molar-refractivity contribution >= 4 is 5.71 Å². The molecule has 0 N–H and O–H groups in total. The lowest BCUT2D eigenvalue weighted by Crippen LogP contribution is -2.34. The van der Waals surface area contributed by atoms with Crippen molar-refractivity contribution in [2.45, 2.75) is 71.0 Å². The van der Waals surface area contributed by atoms with Gasteiger partial charge in [-0.2, -0.15) is 0 Å². The molecule has 0 radical (unpaired) electrons. The van der Waals surface area contributed by atoms with E-state index < -0.39 is 0 Å². The molecule has 2 nitrogen and oxygen atoms in total. The van der Waals surface area contributed by atoms with E-state index in [2.05, 4.69) is 39.5 Å². The summed E-state index contributed by atoms with van der Waals surface area (Å²) in [6, 6.07) is 0.643. The van der Waals surface area contributed by atoms with Crippen molar-refractivity contribution < 1.29 is 0 Å². The van der Waals surface area contributed by atoms with Gasteiger partial charge in [-0.05, 0) is 34.1 Å². The van der Waals surface area contributed by atoms with Crippen LogP contribution in [0.15, 0.2) is 4.99 Å². The summed E-state index contributed by atoms with van der Waals surface area (Å²) in [5, 5.41) is 0. The molecule has 2 heterocycles. The Balaban J connectivity index is 2.08. The number of aliphatic imine (C=N–C) groups is 1. The zero-order chi connectivity index (χ0) is 11.3. The van der Waals surface area contributed by atoms with E-state index in [0.29, 0.717) is 17.1 Å². The van der Waals surface area contributed by atoms with Gasteiger partial charge in [-0.25, -0.2) is 0 Å². The SMILES string of the molecule is CCCCN=C1CC(C)(C)N2C1C2(C)C. The van der Waals surface area contributed by atoms with Crippen molar-refractivity contribution in [2.24, 2.45) is 4.99 Å². The maximum atomic E-state index is 4.80. The van der Waals surface area contributed by atoms with Gasteiger partial charge in [-0.15, -0.1) is 0 Å². The quantitative estimate of drug-likeness (QED) is 0.514. The molecule has 0 aliphatic carbocycles. The summed E-state index contributed by atoms with van der Waals surface area (Å²) in [7, 11) is 0. The van der Waals surface area contributed by atoms with Crippen molar-refractivity contribution in [2.75, 3.05) is 6.54 Å². The van der Waals surface area contributed by atoms with E-state index >= 15 is 0 Å². The van der Waals surface area contributed by atoms with E-state index in [4.69, 9.17) is 4.99 Å². The molecule has 86 valence electrons. The Morgan fingerprint density at radius 3 is 2.47 bits per heavy atom. The molecule has 0 amide bonds. The largest absolute Gasteiger partial charge is 0.292 e. The molecule has 0 spiro atoms. The monoisotopic (exact) mass is 208 g/mol. The average molecular weight is 208 g/mol. The molecule has 2 fully saturated rings. The van der Waals surface area contributed by atoms with Gasteiger partial charge in [-0.1, -0.05) is 13.3 Å². The third-order valence-corrected chi connectivity index (χ3v) is 3.89. The molecule has 2 rings (SSSR count). The van der Waals surface area contributed by atoms with Gasteiger partial charge in [0.05, 0.1) is 6.04 Å². The minimum atomic E-state index is 0.333. The summed E-state index contributed by atoms with van der Waals surface area (Å²) in [6.07, 6.45) is 3.65. The predicted octanol–water partition coefficient (Wildman–Crippen LogP) is 2.87. The molecule has 0 aromatic carbocycles. The third-order valence-electron chi connectivity index (χ3n) is 3.89. The molecule has 2 aliphatic rings. The highest BCUT2D eigenvalue weighted by molar-refractivity contribution is 5.97. The minimum absolute atomic E-state index is 0.333. The molecule has 2 saturated heterocycles. The number of rotatable bonds is 3. The predicted molar refractivity (Wildman–Crippen MR) is 65.6 cm³/mol. The fourth-order valence-corrected chi connectivity index (χ4v) is 3.32. The summed E-state index contributed by atoms with van der Waals surface area (Å²) < 4.78 is 0. The van der Waals surface area contributed by atoms with Crippen molar-refractivity contribution in [1.29, 1.82) is 0 Å². The van der Waals surface area contributed by atoms with E-state index in [1.54, 1.807) is 0 Å². The number of piperidine rings is 1. The van der Waals surface area contributed by atoms with Crippen LogP contribution in [0.5, 0.6) is 0 Å². The number of fused-ring (bicyclic) bond motifs is 1. The Bertz CT molecular complexity index is 289. The van der Waals surface area contributed by atoms with Crippen molar-refractivity contribution in [3.8, 4) is 0 Å². The molecular formula is C13H24N2. The van der Waals surface area contributed by atoms with Gasteiger partial charge in [0.1, 0.15) is 0 Å². The van der Waals surface area contributed by atoms with E-state index in [1.165, 1.54) is 25.0 Å². The molecular weight excluding hydrogens is 184 g/mol.